The Balaban J connectivity index is -0.000000157. The maximum Gasteiger partial charge on any atom is 4.00 e. The number of hydrogen-bond acceptors (Lipinski definition) is 12. The molecule has 0 fully saturated rings. The van der Waals surface area contributed by atoms with Gasteiger partial charge < -0.3 is 166 Å². The molecule has 0 radical (unpaired) electrons. The second-order valence-electron chi connectivity index (χ2n) is 10.2. The van der Waals surface area contributed by atoms with Gasteiger partial charge in [-0.15, -0.1) is 0 Å². The largest absolute Gasteiger partial charge is 4.00 e. The second kappa shape index (κ2) is 33.0. The molecule has 266 valence electrons. The Hall–Kier alpha value is 3.17. The molecule has 45 heavy (non-hydrogen) atoms. The van der Waals surface area contributed by atoms with E-state index in [-0.39, 0.29) is 21.1 Å². The molecule has 4 nitrogen and oxygen atoms in total. The molecule has 0 heterocycles. The Kier molecular flexibility index (Phi) is 42.2. The fraction of sp³-hybridized carbons (Fsp3) is 0.857. The van der Waals surface area contributed by atoms with Gasteiger partial charge in [-0.2, -0.15) is 0 Å². The Morgan fingerprint density at radius 1 is 0.378 bits per heavy atom. The molecule has 0 N–H and O–H groups in total. The van der Waals surface area contributed by atoms with Crippen molar-refractivity contribution in [2.45, 2.75) is 107 Å². The Morgan fingerprint density at radius 2 is 0.511 bits per heavy atom. The van der Waals surface area contributed by atoms with E-state index in [4.69, 9.17) is 151 Å². The fourth-order valence-electron chi connectivity index (χ4n) is 3.17. The minimum atomic E-state index is 0. The van der Waals surface area contributed by atoms with Crippen molar-refractivity contribution in [2.24, 2.45) is 0 Å². The molecule has 0 amide bonds. The quantitative estimate of drug-likeness (QED) is 0.0647. The van der Waals surface area contributed by atoms with E-state index in [0.717, 1.165) is 104 Å². The molecule has 0 aliphatic heterocycles. The zero-order valence-corrected chi connectivity index (χ0v) is 40.2. The van der Waals surface area contributed by atoms with Crippen LogP contribution in [-0.2, 0) is 123 Å². The Morgan fingerprint density at radius 3 is 0.578 bits per heavy atom. The maximum absolute atomic E-state index is 5.28. The van der Waals surface area contributed by atoms with Crippen molar-refractivity contribution in [1.82, 2.24) is 0 Å². The van der Waals surface area contributed by atoms with Gasteiger partial charge in [0.2, 0.25) is 0 Å². The van der Waals surface area contributed by atoms with Crippen LogP contribution < -0.4 is 0 Å². The first-order chi connectivity index (χ1) is 20.3. The molecule has 0 aliphatic carbocycles. The van der Waals surface area contributed by atoms with E-state index in [1.54, 1.807) is 0 Å². The number of quaternary nitrogens is 4. The van der Waals surface area contributed by atoms with Crippen LogP contribution in [0.15, 0.2) is 0 Å². The van der Waals surface area contributed by atoms with Crippen LogP contribution in [0.4, 0.5) is 0 Å². The number of hydrogen-bond donors (Lipinski definition) is 0. The van der Waals surface area contributed by atoms with Gasteiger partial charge in [0.05, 0.1) is 52.4 Å². The van der Waals surface area contributed by atoms with Crippen molar-refractivity contribution >= 4 is 168 Å². The second-order valence-corrected chi connectivity index (χ2v) is 17.1. The van der Waals surface area contributed by atoms with E-state index in [9.17, 15) is 0 Å². The summed E-state index contributed by atoms with van der Waals surface area (Å²) in [5.74, 6) is 0. The van der Waals surface area contributed by atoms with Crippen LogP contribution in [0.3, 0.4) is 0 Å². The summed E-state index contributed by atoms with van der Waals surface area (Å²) in [5, 5.41) is 0. The standard InChI is InChI=1S/4C7H15NS3.Mo/c4*1-3-5-6-8(11,4-2)7(9)10;/h4*3-6H2,1-2H3,(H,9,10);/q;;;;+4/p-4. The molecular formula is C28H56MoN4S12. The first kappa shape index (κ1) is 57.5. The van der Waals surface area contributed by atoms with Gasteiger partial charge in [-0.05, 0) is 53.4 Å². The third kappa shape index (κ3) is 27.5. The summed E-state index contributed by atoms with van der Waals surface area (Å²) in [7, 11) is 0. The average Bonchev–Trinajstić information content (AvgIpc) is 3.00. The zero-order chi connectivity index (χ0) is 35.6. The van der Waals surface area contributed by atoms with Gasteiger partial charge in [-0.1, -0.05) is 53.4 Å². The van der Waals surface area contributed by atoms with E-state index in [1.807, 2.05) is 27.7 Å². The maximum atomic E-state index is 5.28. The SMILES string of the molecule is CCCC[N+]([S-])(CC)C(=S)[S-].CCCC[N+]([S-])(CC)C(=S)[S-].CCCC[N+]([S-])(CC)C(=S)[S-].CCCC[N+]([S-])(CC)C(=S)[S-].[Mo+4]. The third-order valence-corrected chi connectivity index (χ3v) is 13.1. The van der Waals surface area contributed by atoms with E-state index >= 15 is 0 Å². The van der Waals surface area contributed by atoms with Crippen LogP contribution in [-0.4, -0.2) is 85.2 Å². The molecule has 0 saturated heterocycles. The summed E-state index contributed by atoms with van der Waals surface area (Å²) in [6.45, 7) is 23.6. The molecule has 0 saturated carbocycles. The number of thiocarbonyl (C=S) groups is 4. The van der Waals surface area contributed by atoms with Gasteiger partial charge in [0.25, 0.3) is 0 Å². The van der Waals surface area contributed by atoms with Crippen molar-refractivity contribution in [3.05, 3.63) is 0 Å². The van der Waals surface area contributed by atoms with E-state index < -0.39 is 0 Å². The molecule has 0 aromatic rings. The Bertz CT molecular complexity index is 686. The van der Waals surface area contributed by atoms with Gasteiger partial charge in [-0.25, -0.2) is 0 Å². The normalized spacial score (nSPS) is 15.6. The van der Waals surface area contributed by atoms with Gasteiger partial charge in [-0.3, -0.25) is 0 Å². The molecule has 0 bridgehead atoms. The number of rotatable bonds is 16. The number of nitrogens with zero attached hydrogens (tertiary/aromatic N) is 4. The van der Waals surface area contributed by atoms with Crippen molar-refractivity contribution in [1.29, 1.82) is 0 Å². The molecule has 0 aromatic carbocycles. The van der Waals surface area contributed by atoms with Crippen molar-refractivity contribution < 1.29 is 36.6 Å². The molecule has 0 aromatic heterocycles. The molecule has 0 rings (SSSR count). The van der Waals surface area contributed by atoms with Crippen molar-refractivity contribution in [3.63, 3.8) is 0 Å². The Labute approximate surface area is 359 Å². The van der Waals surface area contributed by atoms with E-state index in [2.05, 4.69) is 27.7 Å². The van der Waals surface area contributed by atoms with Crippen LogP contribution in [0.5, 0.6) is 0 Å². The van der Waals surface area contributed by atoms with Crippen LogP contribution in [0.2, 0.25) is 0 Å². The van der Waals surface area contributed by atoms with Crippen LogP contribution in [0.1, 0.15) is 107 Å². The minimum absolute atomic E-state index is 0. The van der Waals surface area contributed by atoms with Crippen LogP contribution >= 0.6 is 48.9 Å². The topological polar surface area (TPSA) is 0 Å². The van der Waals surface area contributed by atoms with Crippen LogP contribution in [0, 0.1) is 0 Å². The predicted octanol–water partition coefficient (Wildman–Crippen LogP) is 7.67. The van der Waals surface area contributed by atoms with Crippen molar-refractivity contribution in [2.75, 3.05) is 52.4 Å². The summed E-state index contributed by atoms with van der Waals surface area (Å²) in [6, 6.07) is 0. The first-order valence-corrected chi connectivity index (χ1v) is 20.2. The monoisotopic (exact) mass is 930 g/mol. The van der Waals surface area contributed by atoms with Crippen molar-refractivity contribution in [3.8, 4) is 0 Å². The van der Waals surface area contributed by atoms with Crippen LogP contribution in [0.25, 0.3) is 0 Å². The molecular weight excluding hydrogens is 873 g/mol. The summed E-state index contributed by atoms with van der Waals surface area (Å²) in [4.78, 5) is 0. The minimum Gasteiger partial charge on any atom is -0.489 e. The molecule has 0 aliphatic rings. The summed E-state index contributed by atoms with van der Waals surface area (Å²) in [5.41, 5.74) is 0. The summed E-state index contributed by atoms with van der Waals surface area (Å²) >= 11 is 60.5. The molecule has 0 spiro atoms. The summed E-state index contributed by atoms with van der Waals surface area (Å²) in [6.07, 6.45) is 9.01. The first-order valence-electron chi connectivity index (χ1n) is 15.4. The summed E-state index contributed by atoms with van der Waals surface area (Å²) < 4.78 is 3.48. The molecule has 17 heteroatoms. The third-order valence-electron chi connectivity index (χ3n) is 6.87. The smallest absolute Gasteiger partial charge is 0.489 e. The fourth-order valence-corrected chi connectivity index (χ4v) is 5.45. The number of unbranched alkanes of at least 4 members (excludes halogenated alkanes) is 4. The van der Waals surface area contributed by atoms with Gasteiger partial charge in [0.15, 0.2) is 0 Å². The average molecular weight is 930 g/mol. The zero-order valence-electron chi connectivity index (χ0n) is 28.4. The predicted molar refractivity (Wildman–Crippen MR) is 232 cm³/mol. The van der Waals surface area contributed by atoms with E-state index in [1.165, 1.54) is 0 Å². The van der Waals surface area contributed by atoms with E-state index in [0.29, 0.717) is 32.8 Å². The molecule has 4 unspecified atom stereocenters. The van der Waals surface area contributed by atoms with Gasteiger partial charge >= 0.3 is 21.1 Å². The van der Waals surface area contributed by atoms with Gasteiger partial charge in [0, 0.05) is 17.3 Å². The molecule has 4 atom stereocenters. The van der Waals surface area contributed by atoms with Gasteiger partial charge in [0.1, 0.15) is 0 Å².